The van der Waals surface area contributed by atoms with Crippen molar-refractivity contribution in [1.82, 2.24) is 0 Å². The van der Waals surface area contributed by atoms with Crippen molar-refractivity contribution in [1.29, 1.82) is 0 Å². The summed E-state index contributed by atoms with van der Waals surface area (Å²) in [6, 6.07) is 12.9. The Labute approximate surface area is 112 Å². The van der Waals surface area contributed by atoms with Crippen molar-refractivity contribution in [3.05, 3.63) is 65.1 Å². The molecule has 0 aliphatic carbocycles. The standard InChI is InChI=1S/C15H15N2O2/c1-3-16-14-7-5-4-6-13(14)12-9-8-11(2)15(10-12)17(18)19/h4-10,16H,2-3H2,1H3. The van der Waals surface area contributed by atoms with Gasteiger partial charge < -0.3 is 5.32 Å². The third-order valence-electron chi connectivity index (χ3n) is 2.89. The summed E-state index contributed by atoms with van der Waals surface area (Å²) in [5, 5.41) is 14.2. The lowest BCUT2D eigenvalue weighted by atomic mass is 10.0. The molecule has 0 aliphatic heterocycles. The van der Waals surface area contributed by atoms with Gasteiger partial charge in [0.1, 0.15) is 0 Å². The third-order valence-corrected chi connectivity index (χ3v) is 2.89. The second kappa shape index (κ2) is 5.52. The summed E-state index contributed by atoms with van der Waals surface area (Å²) in [5.41, 5.74) is 3.21. The van der Waals surface area contributed by atoms with Crippen LogP contribution in [0.25, 0.3) is 11.1 Å². The molecular weight excluding hydrogens is 240 g/mol. The smallest absolute Gasteiger partial charge is 0.273 e. The Morgan fingerprint density at radius 3 is 2.68 bits per heavy atom. The second-order valence-corrected chi connectivity index (χ2v) is 4.18. The van der Waals surface area contributed by atoms with Gasteiger partial charge in [0.15, 0.2) is 0 Å². The fourth-order valence-electron chi connectivity index (χ4n) is 1.98. The third kappa shape index (κ3) is 2.73. The predicted molar refractivity (Wildman–Crippen MR) is 77.2 cm³/mol. The van der Waals surface area contributed by atoms with Gasteiger partial charge in [-0.25, -0.2) is 0 Å². The van der Waals surface area contributed by atoms with E-state index in [1.165, 1.54) is 0 Å². The topological polar surface area (TPSA) is 55.2 Å². The maximum absolute atomic E-state index is 11.0. The number of rotatable bonds is 4. The average molecular weight is 255 g/mol. The molecule has 0 heterocycles. The number of anilines is 1. The van der Waals surface area contributed by atoms with E-state index in [9.17, 15) is 10.1 Å². The molecule has 0 unspecified atom stereocenters. The van der Waals surface area contributed by atoms with Gasteiger partial charge in [0.05, 0.1) is 4.92 Å². The largest absolute Gasteiger partial charge is 0.385 e. The first-order valence-corrected chi connectivity index (χ1v) is 6.07. The van der Waals surface area contributed by atoms with E-state index in [4.69, 9.17) is 0 Å². The van der Waals surface area contributed by atoms with Gasteiger partial charge in [-0.2, -0.15) is 0 Å². The summed E-state index contributed by atoms with van der Waals surface area (Å²) in [4.78, 5) is 10.6. The van der Waals surface area contributed by atoms with Gasteiger partial charge in [-0.15, -0.1) is 0 Å². The Kier molecular flexibility index (Phi) is 3.80. The predicted octanol–water partition coefficient (Wildman–Crippen LogP) is 3.88. The zero-order valence-electron chi connectivity index (χ0n) is 10.7. The van der Waals surface area contributed by atoms with Crippen molar-refractivity contribution in [2.75, 3.05) is 11.9 Å². The second-order valence-electron chi connectivity index (χ2n) is 4.18. The van der Waals surface area contributed by atoms with Crippen molar-refractivity contribution < 1.29 is 4.92 Å². The van der Waals surface area contributed by atoms with Gasteiger partial charge >= 0.3 is 0 Å². The highest BCUT2D eigenvalue weighted by atomic mass is 16.6. The Bertz CT molecular complexity index is 609. The summed E-state index contributed by atoms with van der Waals surface area (Å²) in [5.74, 6) is 0. The highest BCUT2D eigenvalue weighted by molar-refractivity contribution is 5.79. The normalized spacial score (nSPS) is 10.2. The lowest BCUT2D eigenvalue weighted by Gasteiger charge is -2.11. The molecule has 2 rings (SSSR count). The van der Waals surface area contributed by atoms with E-state index in [0.29, 0.717) is 5.56 Å². The quantitative estimate of drug-likeness (QED) is 0.666. The molecule has 0 atom stereocenters. The molecule has 0 aliphatic rings. The highest BCUT2D eigenvalue weighted by Crippen LogP contribution is 2.31. The lowest BCUT2D eigenvalue weighted by molar-refractivity contribution is -0.385. The number of nitrogens with one attached hydrogen (secondary N) is 1. The summed E-state index contributed by atoms with van der Waals surface area (Å²) < 4.78 is 0. The van der Waals surface area contributed by atoms with Crippen molar-refractivity contribution in [3.8, 4) is 11.1 Å². The van der Waals surface area contributed by atoms with Crippen LogP contribution in [-0.2, 0) is 0 Å². The molecule has 1 N–H and O–H groups in total. The van der Waals surface area contributed by atoms with Crippen LogP contribution in [0.4, 0.5) is 11.4 Å². The van der Waals surface area contributed by atoms with E-state index >= 15 is 0 Å². The summed E-state index contributed by atoms with van der Waals surface area (Å²) in [6.45, 7) is 6.49. The highest BCUT2D eigenvalue weighted by Gasteiger charge is 2.13. The zero-order chi connectivity index (χ0) is 13.8. The van der Waals surface area contributed by atoms with Gasteiger partial charge in [-0.3, -0.25) is 10.1 Å². The van der Waals surface area contributed by atoms with E-state index in [1.807, 2.05) is 37.3 Å². The number of nitro benzene ring substituents is 1. The first-order chi connectivity index (χ1) is 9.13. The number of nitrogens with zero attached hydrogens (tertiary/aromatic N) is 1. The Morgan fingerprint density at radius 1 is 1.26 bits per heavy atom. The number of benzene rings is 2. The first-order valence-electron chi connectivity index (χ1n) is 6.07. The molecule has 0 saturated heterocycles. The van der Waals surface area contributed by atoms with Gasteiger partial charge in [0.25, 0.3) is 5.69 Å². The molecular formula is C15H15N2O2. The number of hydrogen-bond donors (Lipinski definition) is 1. The van der Waals surface area contributed by atoms with Crippen LogP contribution in [0.1, 0.15) is 12.5 Å². The Morgan fingerprint density at radius 2 is 2.00 bits per heavy atom. The minimum absolute atomic E-state index is 0.0452. The van der Waals surface area contributed by atoms with Crippen molar-refractivity contribution in [2.45, 2.75) is 6.92 Å². The van der Waals surface area contributed by atoms with E-state index in [-0.39, 0.29) is 5.69 Å². The lowest BCUT2D eigenvalue weighted by Crippen LogP contribution is -1.99. The summed E-state index contributed by atoms with van der Waals surface area (Å²) >= 11 is 0. The van der Waals surface area contributed by atoms with Crippen molar-refractivity contribution >= 4 is 11.4 Å². The number of hydrogen-bond acceptors (Lipinski definition) is 3. The Balaban J connectivity index is 2.53. The van der Waals surface area contributed by atoms with E-state index < -0.39 is 4.92 Å². The van der Waals surface area contributed by atoms with Crippen LogP contribution in [0.15, 0.2) is 42.5 Å². The van der Waals surface area contributed by atoms with Crippen LogP contribution >= 0.6 is 0 Å². The first kappa shape index (κ1) is 13.1. The van der Waals surface area contributed by atoms with Crippen LogP contribution in [0.5, 0.6) is 0 Å². The Hall–Kier alpha value is -2.36. The van der Waals surface area contributed by atoms with Crippen molar-refractivity contribution in [2.24, 2.45) is 0 Å². The fourth-order valence-corrected chi connectivity index (χ4v) is 1.98. The molecule has 4 nitrogen and oxygen atoms in total. The van der Waals surface area contributed by atoms with Crippen LogP contribution in [0, 0.1) is 17.0 Å². The molecule has 97 valence electrons. The van der Waals surface area contributed by atoms with Gasteiger partial charge in [-0.1, -0.05) is 30.3 Å². The molecule has 2 aromatic carbocycles. The molecule has 2 aromatic rings. The molecule has 4 heteroatoms. The minimum atomic E-state index is -0.401. The number of para-hydroxylation sites is 1. The van der Waals surface area contributed by atoms with Gasteiger partial charge in [0, 0.05) is 29.4 Å². The van der Waals surface area contributed by atoms with E-state index in [0.717, 1.165) is 23.4 Å². The molecule has 0 amide bonds. The monoisotopic (exact) mass is 255 g/mol. The molecule has 0 spiro atoms. The molecule has 1 radical (unpaired) electrons. The molecule has 19 heavy (non-hydrogen) atoms. The SMILES string of the molecule is [CH2]c1ccc(-c2ccccc2NCC)cc1[N+](=O)[O-]. The van der Waals surface area contributed by atoms with E-state index in [2.05, 4.69) is 12.2 Å². The molecule has 0 bridgehead atoms. The fraction of sp³-hybridized carbons (Fsp3) is 0.133. The van der Waals surface area contributed by atoms with Crippen molar-refractivity contribution in [3.63, 3.8) is 0 Å². The van der Waals surface area contributed by atoms with Gasteiger partial charge in [-0.05, 0) is 25.5 Å². The zero-order valence-corrected chi connectivity index (χ0v) is 10.7. The average Bonchev–Trinajstić information content (AvgIpc) is 2.40. The maximum Gasteiger partial charge on any atom is 0.273 e. The van der Waals surface area contributed by atoms with Crippen LogP contribution < -0.4 is 5.32 Å². The van der Waals surface area contributed by atoms with Crippen LogP contribution in [0.3, 0.4) is 0 Å². The molecule has 0 aromatic heterocycles. The minimum Gasteiger partial charge on any atom is -0.385 e. The summed E-state index contributed by atoms with van der Waals surface area (Å²) in [7, 11) is 0. The van der Waals surface area contributed by atoms with Crippen LogP contribution in [-0.4, -0.2) is 11.5 Å². The molecule has 0 saturated carbocycles. The molecule has 0 fully saturated rings. The van der Waals surface area contributed by atoms with E-state index in [1.54, 1.807) is 12.1 Å². The maximum atomic E-state index is 11.0. The van der Waals surface area contributed by atoms with Gasteiger partial charge in [0.2, 0.25) is 0 Å². The number of nitro groups is 1. The van der Waals surface area contributed by atoms with Crippen LogP contribution in [0.2, 0.25) is 0 Å². The summed E-state index contributed by atoms with van der Waals surface area (Å²) in [6.07, 6.45) is 0.